The summed E-state index contributed by atoms with van der Waals surface area (Å²) in [7, 11) is 0. The Morgan fingerprint density at radius 1 is 1.20 bits per heavy atom. The van der Waals surface area contributed by atoms with E-state index in [2.05, 4.69) is 12.2 Å². The Kier molecular flexibility index (Phi) is 8.39. The summed E-state index contributed by atoms with van der Waals surface area (Å²) in [5, 5.41) is 19.1. The van der Waals surface area contributed by atoms with Gasteiger partial charge in [0.2, 0.25) is 0 Å². The Morgan fingerprint density at radius 2 is 1.96 bits per heavy atom. The van der Waals surface area contributed by atoms with E-state index in [0.29, 0.717) is 12.8 Å². The molecule has 0 spiro atoms. The number of allylic oxidation sites excluding steroid dienone is 4. The molecule has 1 fully saturated rings. The number of carbonyl (C=O) groups is 2. The second-order valence-electron chi connectivity index (χ2n) is 7.59. The minimum absolute atomic E-state index is 0.00473. The quantitative estimate of drug-likeness (QED) is 0.456. The third kappa shape index (κ3) is 6.77. The summed E-state index contributed by atoms with van der Waals surface area (Å²) in [6.45, 7) is 0. The minimum atomic E-state index is -0.779. The molecule has 3 unspecified atom stereocenters. The number of aliphatic hydroxyl groups is 1. The smallest absolute Gasteiger partial charge is 0.303 e. The Hall–Kier alpha value is -1.42. The molecule has 4 nitrogen and oxygen atoms in total. The summed E-state index contributed by atoms with van der Waals surface area (Å²) in [5.41, 5.74) is 0. The summed E-state index contributed by atoms with van der Waals surface area (Å²) in [5.74, 6) is -0.333. The normalized spacial score (nSPS) is 25.7. The first-order valence-electron chi connectivity index (χ1n) is 9.86. The fourth-order valence-corrected chi connectivity index (χ4v) is 4.09. The fourth-order valence-electron chi connectivity index (χ4n) is 4.09. The zero-order valence-corrected chi connectivity index (χ0v) is 15.1. The second kappa shape index (κ2) is 10.5. The number of carbonyl (C=O) groups excluding carboxylic acids is 1. The molecular weight excluding hydrogens is 316 g/mol. The van der Waals surface area contributed by atoms with Gasteiger partial charge in [-0.2, -0.15) is 0 Å². The SMILES string of the molecule is O=C(O)CCCCCC(O)C1C(=O)C=CC1C=CCC1CCCCC1. The molecule has 4 heteroatoms. The van der Waals surface area contributed by atoms with Gasteiger partial charge < -0.3 is 10.2 Å². The highest BCUT2D eigenvalue weighted by Crippen LogP contribution is 2.31. The van der Waals surface area contributed by atoms with Gasteiger partial charge in [0.05, 0.1) is 12.0 Å². The molecule has 0 amide bonds. The van der Waals surface area contributed by atoms with E-state index in [9.17, 15) is 14.7 Å². The van der Waals surface area contributed by atoms with Crippen molar-refractivity contribution in [3.8, 4) is 0 Å². The van der Waals surface area contributed by atoms with Gasteiger partial charge in [-0.25, -0.2) is 0 Å². The fraction of sp³-hybridized carbons (Fsp3) is 0.714. The lowest BCUT2D eigenvalue weighted by atomic mass is 9.84. The Bertz CT molecular complexity index is 488. The first-order valence-corrected chi connectivity index (χ1v) is 9.86. The first kappa shape index (κ1) is 19.9. The van der Waals surface area contributed by atoms with Gasteiger partial charge in [-0.3, -0.25) is 9.59 Å². The predicted molar refractivity (Wildman–Crippen MR) is 98.2 cm³/mol. The van der Waals surface area contributed by atoms with Crippen molar-refractivity contribution in [2.45, 2.75) is 76.7 Å². The van der Waals surface area contributed by atoms with E-state index in [1.165, 1.54) is 32.1 Å². The molecule has 0 aromatic heterocycles. The van der Waals surface area contributed by atoms with Crippen molar-refractivity contribution in [2.75, 3.05) is 0 Å². The van der Waals surface area contributed by atoms with Gasteiger partial charge in [0.25, 0.3) is 0 Å². The van der Waals surface area contributed by atoms with E-state index < -0.39 is 12.1 Å². The van der Waals surface area contributed by atoms with Crippen LogP contribution in [-0.4, -0.2) is 28.1 Å². The van der Waals surface area contributed by atoms with Crippen molar-refractivity contribution in [3.05, 3.63) is 24.3 Å². The topological polar surface area (TPSA) is 74.6 Å². The molecular formula is C21H32O4. The average Bonchev–Trinajstić information content (AvgIpc) is 2.96. The highest BCUT2D eigenvalue weighted by molar-refractivity contribution is 5.95. The Labute approximate surface area is 151 Å². The zero-order chi connectivity index (χ0) is 18.1. The van der Waals surface area contributed by atoms with Crippen molar-refractivity contribution in [1.82, 2.24) is 0 Å². The summed E-state index contributed by atoms with van der Waals surface area (Å²) in [4.78, 5) is 22.6. The van der Waals surface area contributed by atoms with Crippen LogP contribution in [0.1, 0.15) is 70.6 Å². The molecule has 0 bridgehead atoms. The van der Waals surface area contributed by atoms with Crippen molar-refractivity contribution in [2.24, 2.45) is 17.8 Å². The van der Waals surface area contributed by atoms with E-state index in [4.69, 9.17) is 5.11 Å². The standard InChI is InChI=1S/C21H32O4/c22-18(12-5-2-6-13-20(24)25)21-17(14-15-19(21)23)11-7-10-16-8-3-1-4-9-16/h7,11,14-18,21-22H,1-6,8-10,12-13H2,(H,24,25). The van der Waals surface area contributed by atoms with E-state index in [-0.39, 0.29) is 24.0 Å². The van der Waals surface area contributed by atoms with E-state index in [0.717, 1.165) is 25.2 Å². The van der Waals surface area contributed by atoms with Gasteiger partial charge in [-0.05, 0) is 31.3 Å². The van der Waals surface area contributed by atoms with Crippen LogP contribution in [0.2, 0.25) is 0 Å². The number of carboxylic acids is 1. The lowest BCUT2D eigenvalue weighted by molar-refractivity contribution is -0.137. The molecule has 25 heavy (non-hydrogen) atoms. The molecule has 0 aromatic rings. The largest absolute Gasteiger partial charge is 0.481 e. The number of hydrogen-bond acceptors (Lipinski definition) is 3. The van der Waals surface area contributed by atoms with Crippen LogP contribution in [-0.2, 0) is 9.59 Å². The van der Waals surface area contributed by atoms with Gasteiger partial charge in [0, 0.05) is 12.3 Å². The van der Waals surface area contributed by atoms with Crippen molar-refractivity contribution in [1.29, 1.82) is 0 Å². The highest BCUT2D eigenvalue weighted by atomic mass is 16.4. The maximum Gasteiger partial charge on any atom is 0.303 e. The van der Waals surface area contributed by atoms with Crippen LogP contribution in [0.15, 0.2) is 24.3 Å². The molecule has 0 radical (unpaired) electrons. The maximum absolute atomic E-state index is 12.1. The molecule has 2 aliphatic carbocycles. The Balaban J connectivity index is 1.74. The third-order valence-corrected chi connectivity index (χ3v) is 5.58. The average molecular weight is 348 g/mol. The maximum atomic E-state index is 12.1. The van der Waals surface area contributed by atoms with E-state index >= 15 is 0 Å². The predicted octanol–water partition coefficient (Wildman–Crippen LogP) is 4.28. The first-order chi connectivity index (χ1) is 12.1. The number of ketones is 1. The number of unbranched alkanes of at least 4 members (excludes halogenated alkanes) is 2. The number of aliphatic hydroxyl groups excluding tert-OH is 1. The van der Waals surface area contributed by atoms with Crippen LogP contribution in [0.5, 0.6) is 0 Å². The molecule has 1 saturated carbocycles. The lowest BCUT2D eigenvalue weighted by Crippen LogP contribution is -2.29. The molecule has 3 atom stereocenters. The highest BCUT2D eigenvalue weighted by Gasteiger charge is 2.34. The summed E-state index contributed by atoms with van der Waals surface area (Å²) in [6, 6.07) is 0. The molecule has 2 rings (SSSR count). The minimum Gasteiger partial charge on any atom is -0.481 e. The van der Waals surface area contributed by atoms with Crippen LogP contribution in [0.4, 0.5) is 0 Å². The van der Waals surface area contributed by atoms with Crippen LogP contribution in [0.25, 0.3) is 0 Å². The van der Waals surface area contributed by atoms with Crippen molar-refractivity contribution in [3.63, 3.8) is 0 Å². The molecule has 0 aromatic carbocycles. The molecule has 0 saturated heterocycles. The van der Waals surface area contributed by atoms with Crippen LogP contribution in [0, 0.1) is 17.8 Å². The second-order valence-corrected chi connectivity index (χ2v) is 7.59. The van der Waals surface area contributed by atoms with Gasteiger partial charge >= 0.3 is 5.97 Å². The molecule has 140 valence electrons. The van der Waals surface area contributed by atoms with Crippen LogP contribution in [0.3, 0.4) is 0 Å². The van der Waals surface area contributed by atoms with Crippen LogP contribution < -0.4 is 0 Å². The monoisotopic (exact) mass is 348 g/mol. The summed E-state index contributed by atoms with van der Waals surface area (Å²) < 4.78 is 0. The van der Waals surface area contributed by atoms with Gasteiger partial charge in [0.15, 0.2) is 5.78 Å². The van der Waals surface area contributed by atoms with Gasteiger partial charge in [-0.1, -0.05) is 63.2 Å². The van der Waals surface area contributed by atoms with Crippen LogP contribution >= 0.6 is 0 Å². The molecule has 2 aliphatic rings. The van der Waals surface area contributed by atoms with Crippen molar-refractivity contribution < 1.29 is 19.8 Å². The zero-order valence-electron chi connectivity index (χ0n) is 15.1. The van der Waals surface area contributed by atoms with E-state index in [1.807, 2.05) is 6.08 Å². The summed E-state index contributed by atoms with van der Waals surface area (Å²) >= 11 is 0. The number of hydrogen-bond donors (Lipinski definition) is 2. The van der Waals surface area contributed by atoms with Gasteiger partial charge in [-0.15, -0.1) is 0 Å². The lowest BCUT2D eigenvalue weighted by Gasteiger charge is -2.22. The van der Waals surface area contributed by atoms with Gasteiger partial charge in [0.1, 0.15) is 0 Å². The van der Waals surface area contributed by atoms with E-state index in [1.54, 1.807) is 6.08 Å². The molecule has 2 N–H and O–H groups in total. The van der Waals surface area contributed by atoms with Crippen molar-refractivity contribution >= 4 is 11.8 Å². The molecule has 0 heterocycles. The number of carboxylic acid groups (broad SMARTS) is 1. The number of aliphatic carboxylic acids is 1. The summed E-state index contributed by atoms with van der Waals surface area (Å²) in [6.07, 6.45) is 17.8. The number of rotatable bonds is 10. The third-order valence-electron chi connectivity index (χ3n) is 5.58. The molecule has 0 aliphatic heterocycles. The Morgan fingerprint density at radius 3 is 2.68 bits per heavy atom.